The molecule has 1 rings (SSSR count). The molecule has 1 aromatic heterocycles. The van der Waals surface area contributed by atoms with Crippen LogP contribution in [0.4, 0.5) is 4.79 Å². The Morgan fingerprint density at radius 2 is 2.06 bits per heavy atom. The number of amides is 1. The molecule has 0 unspecified atom stereocenters. The lowest BCUT2D eigenvalue weighted by Gasteiger charge is -2.24. The fraction of sp³-hybridized carbons (Fsp3) is 0.583. The Kier molecular flexibility index (Phi) is 4.11. The summed E-state index contributed by atoms with van der Waals surface area (Å²) in [4.78, 5) is 24.7. The summed E-state index contributed by atoms with van der Waals surface area (Å²) in [6, 6.07) is 1.62. The van der Waals surface area contributed by atoms with Crippen LogP contribution in [0.1, 0.15) is 31.3 Å². The highest BCUT2D eigenvalue weighted by molar-refractivity contribution is 5.97. The molecule has 0 bridgehead atoms. The predicted molar refractivity (Wildman–Crippen MR) is 66.4 cm³/mol. The predicted octanol–water partition coefficient (Wildman–Crippen LogP) is 1.47. The maximum atomic E-state index is 11.8. The zero-order valence-corrected chi connectivity index (χ0v) is 11.4. The first-order chi connectivity index (χ1) is 8.19. The first-order valence-electron chi connectivity index (χ1n) is 5.66. The van der Waals surface area contributed by atoms with Gasteiger partial charge in [0.15, 0.2) is 0 Å². The Balaban J connectivity index is 2.57. The molecule has 0 N–H and O–H groups in total. The molecule has 0 atom stereocenters. The van der Waals surface area contributed by atoms with E-state index >= 15 is 0 Å². The second kappa shape index (κ2) is 5.20. The molecular formula is C12H19N3O3. The first kappa shape index (κ1) is 14.2. The SMILES string of the molecule is CN(CC(=O)c1ccn(C)n1)C(=O)OC(C)(C)C. The lowest BCUT2D eigenvalue weighted by atomic mass is 10.2. The van der Waals surface area contributed by atoms with E-state index in [9.17, 15) is 9.59 Å². The Labute approximate surface area is 107 Å². The topological polar surface area (TPSA) is 64.4 Å². The van der Waals surface area contributed by atoms with Crippen molar-refractivity contribution in [3.63, 3.8) is 0 Å². The zero-order valence-electron chi connectivity index (χ0n) is 11.4. The third kappa shape index (κ3) is 4.20. The zero-order chi connectivity index (χ0) is 13.9. The van der Waals surface area contributed by atoms with Crippen LogP contribution in [0, 0.1) is 0 Å². The number of ether oxygens (including phenoxy) is 1. The van der Waals surface area contributed by atoms with Crippen LogP contribution in [0.2, 0.25) is 0 Å². The van der Waals surface area contributed by atoms with Crippen molar-refractivity contribution in [3.8, 4) is 0 Å². The number of carbonyl (C=O) groups excluding carboxylic acids is 2. The smallest absolute Gasteiger partial charge is 0.410 e. The molecule has 6 nitrogen and oxygen atoms in total. The van der Waals surface area contributed by atoms with Gasteiger partial charge in [0.25, 0.3) is 0 Å². The van der Waals surface area contributed by atoms with Crippen LogP contribution < -0.4 is 0 Å². The quantitative estimate of drug-likeness (QED) is 0.765. The standard InChI is InChI=1S/C12H19N3O3/c1-12(2,3)18-11(17)14(4)8-10(16)9-6-7-15(5)13-9/h6-7H,8H2,1-5H3. The highest BCUT2D eigenvalue weighted by atomic mass is 16.6. The molecule has 0 saturated carbocycles. The van der Waals surface area contributed by atoms with Gasteiger partial charge in [0, 0.05) is 20.3 Å². The van der Waals surface area contributed by atoms with Gasteiger partial charge in [-0.25, -0.2) is 4.79 Å². The van der Waals surface area contributed by atoms with Gasteiger partial charge in [-0.3, -0.25) is 9.48 Å². The highest BCUT2D eigenvalue weighted by Crippen LogP contribution is 2.09. The van der Waals surface area contributed by atoms with Gasteiger partial charge in [0.2, 0.25) is 5.78 Å². The minimum Gasteiger partial charge on any atom is -0.444 e. The van der Waals surface area contributed by atoms with Gasteiger partial charge in [0.05, 0.1) is 6.54 Å². The lowest BCUT2D eigenvalue weighted by Crippen LogP contribution is -2.37. The maximum Gasteiger partial charge on any atom is 0.410 e. The van der Waals surface area contributed by atoms with Crippen molar-refractivity contribution in [2.45, 2.75) is 26.4 Å². The molecule has 0 saturated heterocycles. The summed E-state index contributed by atoms with van der Waals surface area (Å²) >= 11 is 0. The Morgan fingerprint density at radius 1 is 1.44 bits per heavy atom. The minimum absolute atomic E-state index is 0.0497. The van der Waals surface area contributed by atoms with E-state index in [1.165, 1.54) is 11.9 Å². The van der Waals surface area contributed by atoms with Crippen LogP contribution >= 0.6 is 0 Å². The van der Waals surface area contributed by atoms with Crippen molar-refractivity contribution in [2.75, 3.05) is 13.6 Å². The number of rotatable bonds is 3. The van der Waals surface area contributed by atoms with Crippen molar-refractivity contribution in [2.24, 2.45) is 7.05 Å². The van der Waals surface area contributed by atoms with Crippen LogP contribution in [0.3, 0.4) is 0 Å². The lowest BCUT2D eigenvalue weighted by molar-refractivity contribution is 0.0294. The number of aryl methyl sites for hydroxylation is 1. The monoisotopic (exact) mass is 253 g/mol. The van der Waals surface area contributed by atoms with Crippen molar-refractivity contribution >= 4 is 11.9 Å². The Bertz CT molecular complexity index is 446. The largest absolute Gasteiger partial charge is 0.444 e. The van der Waals surface area contributed by atoms with Crippen molar-refractivity contribution < 1.29 is 14.3 Å². The number of likely N-dealkylation sites (N-methyl/N-ethyl adjacent to an activating group) is 1. The summed E-state index contributed by atoms with van der Waals surface area (Å²) in [5.74, 6) is -0.219. The number of hydrogen-bond donors (Lipinski definition) is 0. The third-order valence-electron chi connectivity index (χ3n) is 2.09. The summed E-state index contributed by atoms with van der Waals surface area (Å²) in [7, 11) is 3.25. The van der Waals surface area contributed by atoms with E-state index in [1.807, 2.05) is 0 Å². The van der Waals surface area contributed by atoms with E-state index in [-0.39, 0.29) is 12.3 Å². The third-order valence-corrected chi connectivity index (χ3v) is 2.09. The Hall–Kier alpha value is -1.85. The molecule has 1 aromatic rings. The molecule has 6 heteroatoms. The first-order valence-corrected chi connectivity index (χ1v) is 5.66. The van der Waals surface area contributed by atoms with Crippen LogP contribution in [0.15, 0.2) is 12.3 Å². The van der Waals surface area contributed by atoms with E-state index in [2.05, 4.69) is 5.10 Å². The summed E-state index contributed by atoms with van der Waals surface area (Å²) in [5.41, 5.74) is -0.229. The molecule has 0 spiro atoms. The molecule has 100 valence electrons. The van der Waals surface area contributed by atoms with Crippen molar-refractivity contribution in [1.29, 1.82) is 0 Å². The van der Waals surface area contributed by atoms with Crippen molar-refractivity contribution in [1.82, 2.24) is 14.7 Å². The number of Topliss-reactive ketones (excluding diaryl/α,β-unsaturated/α-hetero) is 1. The van der Waals surface area contributed by atoms with Crippen LogP contribution in [0.25, 0.3) is 0 Å². The molecule has 0 aliphatic heterocycles. The van der Waals surface area contributed by atoms with E-state index in [0.29, 0.717) is 5.69 Å². The number of nitrogens with zero attached hydrogens (tertiary/aromatic N) is 3. The summed E-state index contributed by atoms with van der Waals surface area (Å²) in [5, 5.41) is 3.99. The second-order valence-electron chi connectivity index (χ2n) is 5.13. The van der Waals surface area contributed by atoms with Crippen LogP contribution in [-0.4, -0.2) is 45.8 Å². The summed E-state index contributed by atoms with van der Waals surface area (Å²) < 4.78 is 6.69. The van der Waals surface area contributed by atoms with Crippen molar-refractivity contribution in [3.05, 3.63) is 18.0 Å². The van der Waals surface area contributed by atoms with Gasteiger partial charge in [-0.1, -0.05) is 0 Å². The van der Waals surface area contributed by atoms with Gasteiger partial charge in [-0.05, 0) is 26.8 Å². The molecule has 0 aliphatic carbocycles. The molecular weight excluding hydrogens is 234 g/mol. The average Bonchev–Trinajstić information content (AvgIpc) is 2.62. The van der Waals surface area contributed by atoms with E-state index in [0.717, 1.165) is 0 Å². The number of aromatic nitrogens is 2. The van der Waals surface area contributed by atoms with Gasteiger partial charge in [-0.2, -0.15) is 5.10 Å². The summed E-state index contributed by atoms with van der Waals surface area (Å²) in [6.07, 6.45) is 1.16. The molecule has 0 radical (unpaired) electrons. The fourth-order valence-electron chi connectivity index (χ4n) is 1.26. The van der Waals surface area contributed by atoms with Crippen LogP contribution in [-0.2, 0) is 11.8 Å². The van der Waals surface area contributed by atoms with Gasteiger partial charge < -0.3 is 9.64 Å². The van der Waals surface area contributed by atoms with E-state index < -0.39 is 11.7 Å². The number of ketones is 1. The minimum atomic E-state index is -0.570. The molecule has 0 aliphatic rings. The fourth-order valence-corrected chi connectivity index (χ4v) is 1.26. The molecule has 1 amide bonds. The van der Waals surface area contributed by atoms with Crippen LogP contribution in [0.5, 0.6) is 0 Å². The second-order valence-corrected chi connectivity index (χ2v) is 5.13. The maximum absolute atomic E-state index is 11.8. The number of hydrogen-bond acceptors (Lipinski definition) is 4. The normalized spacial score (nSPS) is 11.2. The number of carbonyl (C=O) groups is 2. The van der Waals surface area contributed by atoms with E-state index in [1.54, 1.807) is 44.8 Å². The average molecular weight is 253 g/mol. The molecule has 0 fully saturated rings. The van der Waals surface area contributed by atoms with Gasteiger partial charge in [0.1, 0.15) is 11.3 Å². The van der Waals surface area contributed by atoms with Gasteiger partial charge in [-0.15, -0.1) is 0 Å². The van der Waals surface area contributed by atoms with E-state index in [4.69, 9.17) is 4.74 Å². The molecule has 1 heterocycles. The van der Waals surface area contributed by atoms with Gasteiger partial charge >= 0.3 is 6.09 Å². The summed E-state index contributed by atoms with van der Waals surface area (Å²) in [6.45, 7) is 5.28. The Morgan fingerprint density at radius 3 is 2.50 bits per heavy atom. The molecule has 0 aromatic carbocycles. The molecule has 18 heavy (non-hydrogen) atoms. The highest BCUT2D eigenvalue weighted by Gasteiger charge is 2.22.